The third-order valence-corrected chi connectivity index (χ3v) is 20.7. The number of carbonyl (C=O) groups is 2. The highest BCUT2D eigenvalue weighted by atomic mass is 16.5. The lowest BCUT2D eigenvalue weighted by atomic mass is 10.0. The first kappa shape index (κ1) is 92.3. The first-order valence-corrected chi connectivity index (χ1v) is 43.6. The number of aliphatic hydroxyl groups is 2. The minimum absolute atomic E-state index is 0.0247. The largest absolute Gasteiger partial charge is 0.466 e. The van der Waals surface area contributed by atoms with Crippen molar-refractivity contribution in [2.24, 2.45) is 0 Å². The maximum atomic E-state index is 12.5. The van der Waals surface area contributed by atoms with E-state index in [-0.39, 0.29) is 18.5 Å². The Morgan fingerprint density at radius 3 is 0.755 bits per heavy atom. The molecular formula is C88H171NO5. The first-order chi connectivity index (χ1) is 46.5. The van der Waals surface area contributed by atoms with Crippen molar-refractivity contribution < 1.29 is 24.5 Å². The van der Waals surface area contributed by atoms with Crippen molar-refractivity contribution in [3.05, 3.63) is 24.3 Å². The van der Waals surface area contributed by atoms with Crippen molar-refractivity contribution in [1.82, 2.24) is 5.32 Å². The predicted molar refractivity (Wildman–Crippen MR) is 417 cm³/mol. The summed E-state index contributed by atoms with van der Waals surface area (Å²) in [5.41, 5.74) is 0. The molecule has 2 atom stereocenters. The summed E-state index contributed by atoms with van der Waals surface area (Å²) in [6, 6.07) is -0.624. The highest BCUT2D eigenvalue weighted by Gasteiger charge is 2.18. The quantitative estimate of drug-likeness (QED) is 0.0320. The molecule has 558 valence electrons. The van der Waals surface area contributed by atoms with E-state index in [1.165, 1.54) is 437 Å². The lowest BCUT2D eigenvalue weighted by molar-refractivity contribution is -0.143. The maximum Gasteiger partial charge on any atom is 0.305 e. The summed E-state index contributed by atoms with van der Waals surface area (Å²) in [5, 5.41) is 23.3. The Hall–Kier alpha value is -1.66. The average Bonchev–Trinajstić information content (AvgIpc) is 3.79. The maximum absolute atomic E-state index is 12.5. The van der Waals surface area contributed by atoms with Gasteiger partial charge in [0.2, 0.25) is 5.91 Å². The molecule has 0 aromatic rings. The van der Waals surface area contributed by atoms with Crippen LogP contribution in [0, 0.1) is 0 Å². The topological polar surface area (TPSA) is 95.9 Å². The fraction of sp³-hybridized carbons (Fsp3) is 0.932. The van der Waals surface area contributed by atoms with E-state index in [4.69, 9.17) is 4.74 Å². The Morgan fingerprint density at radius 2 is 0.500 bits per heavy atom. The lowest BCUT2D eigenvalue weighted by Gasteiger charge is -2.20. The zero-order valence-electron chi connectivity index (χ0n) is 64.2. The summed E-state index contributed by atoms with van der Waals surface area (Å²) in [6.07, 6.45) is 109. The number of allylic oxidation sites excluding steroid dienone is 3. The van der Waals surface area contributed by atoms with Gasteiger partial charge in [-0.15, -0.1) is 0 Å². The summed E-state index contributed by atoms with van der Waals surface area (Å²) in [5.74, 6) is -0.0324. The van der Waals surface area contributed by atoms with Crippen molar-refractivity contribution in [2.75, 3.05) is 13.2 Å². The van der Waals surface area contributed by atoms with Gasteiger partial charge in [0, 0.05) is 12.8 Å². The molecule has 0 saturated carbocycles. The molecule has 0 aliphatic heterocycles. The molecule has 0 aliphatic rings. The van der Waals surface area contributed by atoms with Gasteiger partial charge in [-0.25, -0.2) is 0 Å². The number of amides is 1. The first-order valence-electron chi connectivity index (χ1n) is 43.6. The summed E-state index contributed by atoms with van der Waals surface area (Å²) in [7, 11) is 0. The van der Waals surface area contributed by atoms with Gasteiger partial charge in [-0.3, -0.25) is 9.59 Å². The molecule has 94 heavy (non-hydrogen) atoms. The van der Waals surface area contributed by atoms with Crippen LogP contribution in [0.5, 0.6) is 0 Å². The third kappa shape index (κ3) is 79.3. The van der Waals surface area contributed by atoms with Crippen molar-refractivity contribution in [1.29, 1.82) is 0 Å². The Morgan fingerprint density at radius 1 is 0.287 bits per heavy atom. The van der Waals surface area contributed by atoms with Gasteiger partial charge in [0.25, 0.3) is 0 Å². The minimum atomic E-state index is -0.841. The SMILES string of the molecule is CCCCCCCC/C=C\CCCCCCCCCCCC(=O)OCCCCCCCCCCCCCCCCCCCCCCCCCCCCCCCCCCCCCCCCCC(=O)NC(CO)C(O)/C=C/CCCCCCCCCCCCCCCCCCC. The average molecular weight is 1320 g/mol. The van der Waals surface area contributed by atoms with Crippen molar-refractivity contribution in [2.45, 2.75) is 514 Å². The van der Waals surface area contributed by atoms with Gasteiger partial charge in [0.05, 0.1) is 25.4 Å². The van der Waals surface area contributed by atoms with E-state index < -0.39 is 12.1 Å². The molecule has 2 unspecified atom stereocenters. The number of aliphatic hydroxyl groups excluding tert-OH is 2. The number of hydrogen-bond donors (Lipinski definition) is 3. The molecular weight excluding hydrogens is 1150 g/mol. The molecule has 6 heteroatoms. The van der Waals surface area contributed by atoms with E-state index in [9.17, 15) is 19.8 Å². The lowest BCUT2D eigenvalue weighted by Crippen LogP contribution is -2.45. The molecule has 0 bridgehead atoms. The predicted octanol–water partition coefficient (Wildman–Crippen LogP) is 29.2. The fourth-order valence-corrected chi connectivity index (χ4v) is 14.1. The van der Waals surface area contributed by atoms with Crippen molar-refractivity contribution in [3.63, 3.8) is 0 Å². The van der Waals surface area contributed by atoms with Crippen LogP contribution in [0.25, 0.3) is 0 Å². The van der Waals surface area contributed by atoms with Gasteiger partial charge < -0.3 is 20.3 Å². The van der Waals surface area contributed by atoms with Crippen LogP contribution >= 0.6 is 0 Å². The molecule has 0 saturated heterocycles. The summed E-state index contributed by atoms with van der Waals surface area (Å²) in [6.45, 7) is 4.96. The summed E-state index contributed by atoms with van der Waals surface area (Å²) in [4.78, 5) is 24.7. The highest BCUT2D eigenvalue weighted by molar-refractivity contribution is 5.76. The second-order valence-electron chi connectivity index (χ2n) is 30.2. The number of ether oxygens (including phenoxy) is 1. The number of nitrogens with one attached hydrogen (secondary N) is 1. The molecule has 0 radical (unpaired) electrons. The molecule has 0 aromatic heterocycles. The van der Waals surface area contributed by atoms with Gasteiger partial charge in [-0.05, 0) is 57.8 Å². The molecule has 0 aromatic carbocycles. The molecule has 0 aliphatic carbocycles. The smallest absolute Gasteiger partial charge is 0.305 e. The Kier molecular flexibility index (Phi) is 82.3. The van der Waals surface area contributed by atoms with Crippen LogP contribution in [0.4, 0.5) is 0 Å². The monoisotopic (exact) mass is 1320 g/mol. The van der Waals surface area contributed by atoms with Crippen LogP contribution in [0.3, 0.4) is 0 Å². The van der Waals surface area contributed by atoms with Crippen molar-refractivity contribution >= 4 is 11.9 Å². The van der Waals surface area contributed by atoms with E-state index in [0.29, 0.717) is 19.4 Å². The molecule has 0 rings (SSSR count). The third-order valence-electron chi connectivity index (χ3n) is 20.7. The minimum Gasteiger partial charge on any atom is -0.466 e. The standard InChI is InChI=1S/C88H171NO5/c1-3-5-7-9-11-13-15-17-19-21-44-48-52-56-60-64-68-72-76-80-86(91)85(84-90)89-87(92)81-77-73-69-65-61-57-53-49-46-42-40-38-36-34-32-30-28-26-24-23-25-27-29-31-33-35-37-39-41-43-47-51-55-59-63-67-71-75-79-83-94-88(93)82-78-74-70-66-62-58-54-50-45-22-20-18-16-14-12-10-8-6-4-2/h18,20,76,80,85-86,90-91H,3-17,19,21-75,77-79,81-84H2,1-2H3,(H,89,92)/b20-18-,80-76+. The molecule has 3 N–H and O–H groups in total. The van der Waals surface area contributed by atoms with E-state index in [1.54, 1.807) is 6.08 Å². The number of unbranched alkanes of at least 4 members (excludes halogenated alkanes) is 70. The Balaban J connectivity index is 3.30. The molecule has 0 spiro atoms. The molecule has 0 heterocycles. The van der Waals surface area contributed by atoms with E-state index in [1.807, 2.05) is 6.08 Å². The van der Waals surface area contributed by atoms with Gasteiger partial charge in [0.1, 0.15) is 0 Å². The fourth-order valence-electron chi connectivity index (χ4n) is 14.1. The Labute approximate surface area is 590 Å². The number of rotatable bonds is 83. The van der Waals surface area contributed by atoms with Crippen LogP contribution in [0.1, 0.15) is 502 Å². The summed E-state index contributed by atoms with van der Waals surface area (Å²) >= 11 is 0. The number of esters is 1. The normalized spacial score (nSPS) is 12.5. The highest BCUT2D eigenvalue weighted by Crippen LogP contribution is 2.21. The van der Waals surface area contributed by atoms with Crippen molar-refractivity contribution in [3.8, 4) is 0 Å². The number of carbonyl (C=O) groups excluding carboxylic acids is 2. The number of hydrogen-bond acceptors (Lipinski definition) is 5. The van der Waals surface area contributed by atoms with E-state index >= 15 is 0 Å². The molecule has 1 amide bonds. The van der Waals surface area contributed by atoms with Crippen LogP contribution < -0.4 is 5.32 Å². The van der Waals surface area contributed by atoms with Gasteiger partial charge in [-0.1, -0.05) is 456 Å². The second kappa shape index (κ2) is 83.8. The summed E-state index contributed by atoms with van der Waals surface area (Å²) < 4.78 is 5.52. The van der Waals surface area contributed by atoms with Crippen LogP contribution in [0.15, 0.2) is 24.3 Å². The zero-order chi connectivity index (χ0) is 67.7. The zero-order valence-corrected chi connectivity index (χ0v) is 64.2. The second-order valence-corrected chi connectivity index (χ2v) is 30.2. The van der Waals surface area contributed by atoms with Crippen LogP contribution in [0.2, 0.25) is 0 Å². The van der Waals surface area contributed by atoms with Gasteiger partial charge in [0.15, 0.2) is 0 Å². The molecule has 0 fully saturated rings. The Bertz CT molecular complexity index is 1480. The van der Waals surface area contributed by atoms with Gasteiger partial charge in [-0.2, -0.15) is 0 Å². The van der Waals surface area contributed by atoms with E-state index in [0.717, 1.165) is 38.5 Å². The van der Waals surface area contributed by atoms with Gasteiger partial charge >= 0.3 is 5.97 Å². The van der Waals surface area contributed by atoms with Crippen LogP contribution in [-0.2, 0) is 14.3 Å². The van der Waals surface area contributed by atoms with Crippen LogP contribution in [-0.4, -0.2) is 47.4 Å². The molecule has 6 nitrogen and oxygen atoms in total. The van der Waals surface area contributed by atoms with E-state index in [2.05, 4.69) is 31.3 Å².